The van der Waals surface area contributed by atoms with Crippen LogP contribution in [0.4, 0.5) is 0 Å². The number of hydrogen-bond donors (Lipinski definition) is 0. The first-order chi connectivity index (χ1) is 11.2. The van der Waals surface area contributed by atoms with Gasteiger partial charge in [-0.1, -0.05) is 6.08 Å². The third-order valence-corrected chi connectivity index (χ3v) is 4.25. The number of carbonyl (C=O) groups is 1. The Labute approximate surface area is 136 Å². The molecular weight excluding hydrogens is 296 g/mol. The van der Waals surface area contributed by atoms with E-state index in [1.807, 2.05) is 19.1 Å². The number of esters is 1. The highest BCUT2D eigenvalue weighted by Gasteiger charge is 2.27. The Kier molecular flexibility index (Phi) is 4.74. The molecule has 3 rings (SSSR count). The van der Waals surface area contributed by atoms with Gasteiger partial charge in [0.1, 0.15) is 13.2 Å². The molecule has 0 saturated heterocycles. The number of fused-ring (bicyclic) bond motifs is 1. The number of carbonyl (C=O) groups excluding carboxylic acids is 1. The van der Waals surface area contributed by atoms with Crippen LogP contribution in [0.5, 0.6) is 17.2 Å². The van der Waals surface area contributed by atoms with Crippen LogP contribution in [0.15, 0.2) is 18.2 Å². The number of hydrogen-bond acceptors (Lipinski definition) is 5. The minimum Gasteiger partial charge on any atom is -0.493 e. The molecule has 1 aliphatic carbocycles. The maximum absolute atomic E-state index is 11.8. The monoisotopic (exact) mass is 318 g/mol. The normalized spacial score (nSPS) is 19.7. The molecule has 1 aromatic carbocycles. The Morgan fingerprint density at radius 2 is 2.04 bits per heavy atom. The minimum absolute atomic E-state index is 0.0371. The van der Waals surface area contributed by atoms with Gasteiger partial charge in [-0.05, 0) is 43.9 Å². The maximum Gasteiger partial charge on any atom is 0.309 e. The molecule has 0 radical (unpaired) electrons. The maximum atomic E-state index is 11.8. The van der Waals surface area contributed by atoms with Crippen molar-refractivity contribution in [1.82, 2.24) is 0 Å². The van der Waals surface area contributed by atoms with E-state index in [1.165, 1.54) is 5.57 Å². The Hall–Kier alpha value is -2.17. The second kappa shape index (κ2) is 6.94. The predicted octanol–water partition coefficient (Wildman–Crippen LogP) is 3.21. The van der Waals surface area contributed by atoms with Crippen LogP contribution in [0.1, 0.15) is 31.7 Å². The van der Waals surface area contributed by atoms with Crippen LogP contribution in [-0.4, -0.2) is 32.9 Å². The summed E-state index contributed by atoms with van der Waals surface area (Å²) in [7, 11) is 1.62. The lowest BCUT2D eigenvalue weighted by atomic mass is 9.86. The van der Waals surface area contributed by atoms with Gasteiger partial charge in [-0.3, -0.25) is 4.79 Å². The molecule has 5 nitrogen and oxygen atoms in total. The van der Waals surface area contributed by atoms with E-state index in [0.717, 1.165) is 24.2 Å². The molecular formula is C18H22O5. The summed E-state index contributed by atoms with van der Waals surface area (Å²) in [5, 5.41) is 0. The van der Waals surface area contributed by atoms with Gasteiger partial charge in [0.2, 0.25) is 5.75 Å². The van der Waals surface area contributed by atoms with Crippen LogP contribution in [0, 0.1) is 5.92 Å². The second-order valence-electron chi connectivity index (χ2n) is 5.62. The average Bonchev–Trinajstić information content (AvgIpc) is 2.61. The van der Waals surface area contributed by atoms with Gasteiger partial charge < -0.3 is 18.9 Å². The molecule has 1 atom stereocenters. The van der Waals surface area contributed by atoms with Crippen LogP contribution in [0.3, 0.4) is 0 Å². The van der Waals surface area contributed by atoms with Crippen molar-refractivity contribution in [1.29, 1.82) is 0 Å². The van der Waals surface area contributed by atoms with Gasteiger partial charge in [0, 0.05) is 5.56 Å². The summed E-state index contributed by atoms with van der Waals surface area (Å²) >= 11 is 0. The van der Waals surface area contributed by atoms with E-state index in [0.29, 0.717) is 37.7 Å². The van der Waals surface area contributed by atoms with E-state index >= 15 is 0 Å². The lowest BCUT2D eigenvalue weighted by molar-refractivity contribution is -0.148. The minimum atomic E-state index is -0.0980. The lowest BCUT2D eigenvalue weighted by Crippen LogP contribution is -2.20. The highest BCUT2D eigenvalue weighted by molar-refractivity contribution is 5.79. The molecule has 23 heavy (non-hydrogen) atoms. The summed E-state index contributed by atoms with van der Waals surface area (Å²) in [6, 6.07) is 3.91. The Morgan fingerprint density at radius 1 is 1.26 bits per heavy atom. The number of methoxy groups -OCH3 is 1. The zero-order valence-electron chi connectivity index (χ0n) is 13.6. The van der Waals surface area contributed by atoms with E-state index in [-0.39, 0.29) is 11.9 Å². The Balaban J connectivity index is 1.84. The van der Waals surface area contributed by atoms with Crippen LogP contribution < -0.4 is 14.2 Å². The van der Waals surface area contributed by atoms with Crippen molar-refractivity contribution in [3.05, 3.63) is 23.8 Å². The summed E-state index contributed by atoms with van der Waals surface area (Å²) in [5.41, 5.74) is 2.22. The lowest BCUT2D eigenvalue weighted by Gasteiger charge is -2.26. The van der Waals surface area contributed by atoms with E-state index in [1.54, 1.807) is 7.11 Å². The van der Waals surface area contributed by atoms with E-state index in [2.05, 4.69) is 6.08 Å². The first-order valence-electron chi connectivity index (χ1n) is 8.07. The van der Waals surface area contributed by atoms with Crippen molar-refractivity contribution < 1.29 is 23.7 Å². The SMILES string of the molecule is CCOC(=O)C1CC=C(c2ccc(OC)c3c2OCCO3)CC1. The summed E-state index contributed by atoms with van der Waals surface area (Å²) in [6.07, 6.45) is 4.44. The molecule has 0 saturated carbocycles. The number of ether oxygens (including phenoxy) is 4. The largest absolute Gasteiger partial charge is 0.493 e. The van der Waals surface area contributed by atoms with Crippen LogP contribution >= 0.6 is 0 Å². The van der Waals surface area contributed by atoms with Crippen molar-refractivity contribution in [2.24, 2.45) is 5.92 Å². The quantitative estimate of drug-likeness (QED) is 0.798. The molecule has 0 bridgehead atoms. The molecule has 0 N–H and O–H groups in total. The zero-order valence-corrected chi connectivity index (χ0v) is 13.6. The highest BCUT2D eigenvalue weighted by Crippen LogP contribution is 2.46. The van der Waals surface area contributed by atoms with E-state index < -0.39 is 0 Å². The van der Waals surface area contributed by atoms with Crippen molar-refractivity contribution in [3.8, 4) is 17.2 Å². The molecule has 0 spiro atoms. The van der Waals surface area contributed by atoms with Crippen molar-refractivity contribution >= 4 is 11.5 Å². The summed E-state index contributed by atoms with van der Waals surface area (Å²) in [5.74, 6) is 1.97. The molecule has 0 fully saturated rings. The first-order valence-corrected chi connectivity index (χ1v) is 8.07. The van der Waals surface area contributed by atoms with Crippen molar-refractivity contribution in [3.63, 3.8) is 0 Å². The fraction of sp³-hybridized carbons (Fsp3) is 0.500. The topological polar surface area (TPSA) is 54.0 Å². The van der Waals surface area contributed by atoms with Crippen molar-refractivity contribution in [2.45, 2.75) is 26.2 Å². The summed E-state index contributed by atoms with van der Waals surface area (Å²) in [6.45, 7) is 3.33. The molecule has 1 heterocycles. The molecule has 1 aliphatic heterocycles. The van der Waals surface area contributed by atoms with Crippen LogP contribution in [0.25, 0.3) is 5.57 Å². The van der Waals surface area contributed by atoms with Gasteiger partial charge in [0.15, 0.2) is 11.5 Å². The Bertz CT molecular complexity index is 620. The predicted molar refractivity (Wildman–Crippen MR) is 85.9 cm³/mol. The third-order valence-electron chi connectivity index (χ3n) is 4.25. The second-order valence-corrected chi connectivity index (χ2v) is 5.62. The molecule has 5 heteroatoms. The van der Waals surface area contributed by atoms with Crippen LogP contribution in [-0.2, 0) is 9.53 Å². The first kappa shape index (κ1) is 15.7. The number of allylic oxidation sites excluding steroid dienone is 2. The molecule has 0 amide bonds. The average molecular weight is 318 g/mol. The number of benzene rings is 1. The summed E-state index contributed by atoms with van der Waals surface area (Å²) < 4.78 is 22.0. The smallest absolute Gasteiger partial charge is 0.309 e. The molecule has 0 aromatic heterocycles. The van der Waals surface area contributed by atoms with Gasteiger partial charge >= 0.3 is 5.97 Å². The zero-order chi connectivity index (χ0) is 16.2. The summed E-state index contributed by atoms with van der Waals surface area (Å²) in [4.78, 5) is 11.8. The highest BCUT2D eigenvalue weighted by atomic mass is 16.6. The van der Waals surface area contributed by atoms with Crippen molar-refractivity contribution in [2.75, 3.05) is 26.9 Å². The molecule has 2 aliphatic rings. The van der Waals surface area contributed by atoms with E-state index in [4.69, 9.17) is 18.9 Å². The van der Waals surface area contributed by atoms with Crippen LogP contribution in [0.2, 0.25) is 0 Å². The fourth-order valence-corrected chi connectivity index (χ4v) is 3.08. The standard InChI is InChI=1S/C18H22O5/c1-3-21-18(19)13-6-4-12(5-7-13)14-8-9-15(20-2)17-16(14)22-10-11-23-17/h4,8-9,13H,3,5-7,10-11H2,1-2H3. The van der Waals surface area contributed by atoms with Gasteiger partial charge in [-0.15, -0.1) is 0 Å². The molecule has 1 aromatic rings. The van der Waals surface area contributed by atoms with E-state index in [9.17, 15) is 4.79 Å². The Morgan fingerprint density at radius 3 is 2.70 bits per heavy atom. The third kappa shape index (κ3) is 3.14. The molecule has 124 valence electrons. The molecule has 1 unspecified atom stereocenters. The van der Waals surface area contributed by atoms with Gasteiger partial charge in [-0.25, -0.2) is 0 Å². The number of rotatable bonds is 4. The van der Waals surface area contributed by atoms with Gasteiger partial charge in [0.05, 0.1) is 19.6 Å². The fourth-order valence-electron chi connectivity index (χ4n) is 3.08. The van der Waals surface area contributed by atoms with Gasteiger partial charge in [0.25, 0.3) is 0 Å². The van der Waals surface area contributed by atoms with Gasteiger partial charge in [-0.2, -0.15) is 0 Å².